The molecule has 4 nitrogen and oxygen atoms in total. The molecule has 1 aromatic carbocycles. The molecule has 0 spiro atoms. The molecule has 5 heteroatoms. The number of carbonyl (C=O) groups excluding carboxylic acids is 1. The monoisotopic (exact) mass is 268 g/mol. The van der Waals surface area contributed by atoms with Crippen LogP contribution >= 0.6 is 11.6 Å². The normalized spacial score (nSPS) is 23.7. The molecule has 98 valence electrons. The number of hydrogen-bond donors (Lipinski definition) is 3. The van der Waals surface area contributed by atoms with Crippen LogP contribution in [0.5, 0.6) is 5.75 Å². The Kier molecular flexibility index (Phi) is 4.09. The summed E-state index contributed by atoms with van der Waals surface area (Å²) in [4.78, 5) is 12.1. The second-order valence-corrected chi connectivity index (χ2v) is 5.12. The van der Waals surface area contributed by atoms with Gasteiger partial charge in [-0.15, -0.1) is 0 Å². The van der Waals surface area contributed by atoms with Crippen LogP contribution in [0, 0.1) is 5.92 Å². The number of benzene rings is 1. The van der Waals surface area contributed by atoms with E-state index in [1.54, 1.807) is 6.07 Å². The lowest BCUT2D eigenvalue weighted by Gasteiger charge is -2.27. The molecule has 2 rings (SSSR count). The molecule has 1 aromatic rings. The van der Waals surface area contributed by atoms with Gasteiger partial charge in [0.1, 0.15) is 5.75 Å². The van der Waals surface area contributed by atoms with Crippen molar-refractivity contribution >= 4 is 23.2 Å². The molecule has 4 N–H and O–H groups in total. The van der Waals surface area contributed by atoms with Crippen molar-refractivity contribution in [3.63, 3.8) is 0 Å². The number of aromatic hydroxyl groups is 1. The number of nitrogens with one attached hydrogen (secondary N) is 1. The minimum Gasteiger partial charge on any atom is -0.506 e. The average molecular weight is 269 g/mol. The Morgan fingerprint density at radius 1 is 1.39 bits per heavy atom. The van der Waals surface area contributed by atoms with Crippen LogP contribution in [0.1, 0.15) is 25.7 Å². The van der Waals surface area contributed by atoms with Gasteiger partial charge >= 0.3 is 0 Å². The summed E-state index contributed by atoms with van der Waals surface area (Å²) in [5.41, 5.74) is 6.54. The summed E-state index contributed by atoms with van der Waals surface area (Å²) in [5, 5.41) is 12.3. The minimum atomic E-state index is -0.133. The highest BCUT2D eigenvalue weighted by Crippen LogP contribution is 2.28. The third kappa shape index (κ3) is 2.94. The molecule has 2 unspecified atom stereocenters. The lowest BCUT2D eigenvalue weighted by molar-refractivity contribution is -0.121. The fraction of sp³-hybridized carbons (Fsp3) is 0.462. The first-order valence-corrected chi connectivity index (χ1v) is 6.50. The molecular formula is C13H17ClN2O2. The maximum Gasteiger partial charge on any atom is 0.229 e. The largest absolute Gasteiger partial charge is 0.506 e. The van der Waals surface area contributed by atoms with E-state index in [2.05, 4.69) is 5.32 Å². The second kappa shape index (κ2) is 5.59. The van der Waals surface area contributed by atoms with Crippen LogP contribution in [0.3, 0.4) is 0 Å². The third-order valence-corrected chi connectivity index (χ3v) is 3.67. The fourth-order valence-electron chi connectivity index (χ4n) is 2.30. The van der Waals surface area contributed by atoms with Gasteiger partial charge in [0.15, 0.2) is 0 Å². The molecule has 1 fully saturated rings. The SMILES string of the molecule is NC1CCCCC1C(=O)Nc1ccc(O)c(Cl)c1. The van der Waals surface area contributed by atoms with Crippen molar-refractivity contribution in [3.8, 4) is 5.75 Å². The first-order chi connectivity index (χ1) is 8.58. The van der Waals surface area contributed by atoms with Crippen LogP contribution in [0.2, 0.25) is 5.02 Å². The molecule has 0 bridgehead atoms. The third-order valence-electron chi connectivity index (χ3n) is 3.37. The Labute approximate surface area is 111 Å². The van der Waals surface area contributed by atoms with E-state index in [9.17, 15) is 9.90 Å². The van der Waals surface area contributed by atoms with E-state index < -0.39 is 0 Å². The molecule has 0 saturated heterocycles. The Bertz CT molecular complexity index is 451. The number of nitrogens with two attached hydrogens (primary N) is 1. The second-order valence-electron chi connectivity index (χ2n) is 4.71. The van der Waals surface area contributed by atoms with E-state index in [-0.39, 0.29) is 28.6 Å². The summed E-state index contributed by atoms with van der Waals surface area (Å²) in [5.74, 6) is -0.195. The van der Waals surface area contributed by atoms with E-state index in [0.29, 0.717) is 5.69 Å². The summed E-state index contributed by atoms with van der Waals surface area (Å²) in [6.07, 6.45) is 3.87. The lowest BCUT2D eigenvalue weighted by atomic mass is 9.84. The predicted molar refractivity (Wildman–Crippen MR) is 71.7 cm³/mol. The zero-order chi connectivity index (χ0) is 13.1. The molecule has 0 radical (unpaired) electrons. The number of carbonyl (C=O) groups is 1. The highest BCUT2D eigenvalue weighted by Gasteiger charge is 2.28. The summed E-state index contributed by atoms with van der Waals surface area (Å²) < 4.78 is 0. The molecular weight excluding hydrogens is 252 g/mol. The molecule has 1 aliphatic carbocycles. The van der Waals surface area contributed by atoms with Gasteiger partial charge in [-0.3, -0.25) is 4.79 Å². The first-order valence-electron chi connectivity index (χ1n) is 6.13. The molecule has 1 amide bonds. The lowest BCUT2D eigenvalue weighted by Crippen LogP contribution is -2.40. The maximum absolute atomic E-state index is 12.1. The van der Waals surface area contributed by atoms with Gasteiger partial charge < -0.3 is 16.2 Å². The van der Waals surface area contributed by atoms with Crippen molar-refractivity contribution < 1.29 is 9.90 Å². The molecule has 18 heavy (non-hydrogen) atoms. The summed E-state index contributed by atoms with van der Waals surface area (Å²) in [6.45, 7) is 0. The van der Waals surface area contributed by atoms with E-state index in [0.717, 1.165) is 25.7 Å². The van der Waals surface area contributed by atoms with Gasteiger partial charge in [-0.05, 0) is 31.0 Å². The van der Waals surface area contributed by atoms with Crippen molar-refractivity contribution in [2.75, 3.05) is 5.32 Å². The smallest absolute Gasteiger partial charge is 0.229 e. The van der Waals surface area contributed by atoms with E-state index in [1.807, 2.05) is 0 Å². The first kappa shape index (κ1) is 13.2. The molecule has 2 atom stereocenters. The Hall–Kier alpha value is -1.26. The fourth-order valence-corrected chi connectivity index (χ4v) is 2.49. The van der Waals surface area contributed by atoms with Gasteiger partial charge in [0.25, 0.3) is 0 Å². The molecule has 1 saturated carbocycles. The number of phenolic OH excluding ortho intramolecular Hbond substituents is 1. The van der Waals surface area contributed by atoms with Gasteiger partial charge in [-0.25, -0.2) is 0 Å². The van der Waals surface area contributed by atoms with Gasteiger partial charge in [-0.2, -0.15) is 0 Å². The van der Waals surface area contributed by atoms with Crippen LogP contribution in [0.25, 0.3) is 0 Å². The van der Waals surface area contributed by atoms with Crippen LogP contribution in [0.4, 0.5) is 5.69 Å². The number of halogens is 1. The van der Waals surface area contributed by atoms with Crippen LogP contribution in [-0.2, 0) is 4.79 Å². The summed E-state index contributed by atoms with van der Waals surface area (Å²) in [7, 11) is 0. The number of anilines is 1. The highest BCUT2D eigenvalue weighted by atomic mass is 35.5. The number of phenols is 1. The molecule has 0 aliphatic heterocycles. The topological polar surface area (TPSA) is 75.4 Å². The number of amides is 1. The average Bonchev–Trinajstić information content (AvgIpc) is 2.34. The van der Waals surface area contributed by atoms with Gasteiger partial charge in [-0.1, -0.05) is 24.4 Å². The Balaban J connectivity index is 2.04. The van der Waals surface area contributed by atoms with Crippen LogP contribution < -0.4 is 11.1 Å². The van der Waals surface area contributed by atoms with Crippen LogP contribution in [-0.4, -0.2) is 17.1 Å². The van der Waals surface area contributed by atoms with Crippen molar-refractivity contribution in [3.05, 3.63) is 23.2 Å². The quantitative estimate of drug-likeness (QED) is 0.722. The maximum atomic E-state index is 12.1. The Morgan fingerprint density at radius 3 is 2.78 bits per heavy atom. The molecule has 0 aromatic heterocycles. The van der Waals surface area contributed by atoms with E-state index in [1.165, 1.54) is 12.1 Å². The molecule has 0 heterocycles. The number of rotatable bonds is 2. The summed E-state index contributed by atoms with van der Waals surface area (Å²) >= 11 is 5.79. The van der Waals surface area contributed by atoms with Gasteiger partial charge in [0.2, 0.25) is 5.91 Å². The van der Waals surface area contributed by atoms with Gasteiger partial charge in [0, 0.05) is 11.7 Å². The van der Waals surface area contributed by atoms with Crippen molar-refractivity contribution in [1.29, 1.82) is 0 Å². The molecule has 1 aliphatic rings. The van der Waals surface area contributed by atoms with Crippen molar-refractivity contribution in [2.45, 2.75) is 31.7 Å². The zero-order valence-electron chi connectivity index (χ0n) is 10.0. The minimum absolute atomic E-state index is 0.00373. The highest BCUT2D eigenvalue weighted by molar-refractivity contribution is 6.32. The predicted octanol–water partition coefficient (Wildman–Crippen LogP) is 2.50. The Morgan fingerprint density at radius 2 is 2.11 bits per heavy atom. The van der Waals surface area contributed by atoms with E-state index in [4.69, 9.17) is 17.3 Å². The standard InChI is InChI=1S/C13H17ClN2O2/c14-10-7-8(5-6-12(10)17)16-13(18)9-3-1-2-4-11(9)15/h5-7,9,11,17H,1-4,15H2,(H,16,18). The van der Waals surface area contributed by atoms with Gasteiger partial charge in [0.05, 0.1) is 10.9 Å². The van der Waals surface area contributed by atoms with E-state index >= 15 is 0 Å². The van der Waals surface area contributed by atoms with Crippen LogP contribution in [0.15, 0.2) is 18.2 Å². The number of hydrogen-bond acceptors (Lipinski definition) is 3. The summed E-state index contributed by atoms with van der Waals surface area (Å²) in [6, 6.07) is 4.54. The van der Waals surface area contributed by atoms with Crippen molar-refractivity contribution in [2.24, 2.45) is 11.7 Å². The van der Waals surface area contributed by atoms with Crippen molar-refractivity contribution in [1.82, 2.24) is 0 Å². The zero-order valence-corrected chi connectivity index (χ0v) is 10.8.